The van der Waals surface area contributed by atoms with Gasteiger partial charge < -0.3 is 9.84 Å². The van der Waals surface area contributed by atoms with Crippen molar-refractivity contribution in [2.45, 2.75) is 43.6 Å². The van der Waals surface area contributed by atoms with E-state index >= 15 is 0 Å². The van der Waals surface area contributed by atoms with Crippen LogP contribution >= 0.6 is 0 Å². The maximum Gasteiger partial charge on any atom is 0.416 e. The van der Waals surface area contributed by atoms with E-state index in [9.17, 15) is 18.3 Å². The number of benzene rings is 1. The van der Waals surface area contributed by atoms with Crippen LogP contribution in [-0.4, -0.2) is 18.3 Å². The lowest BCUT2D eigenvalue weighted by atomic mass is 9.78. The third kappa shape index (κ3) is 2.92. The molecule has 1 aromatic rings. The fourth-order valence-electron chi connectivity index (χ4n) is 2.66. The Morgan fingerprint density at radius 1 is 1.26 bits per heavy atom. The van der Waals surface area contributed by atoms with E-state index in [1.807, 2.05) is 0 Å². The topological polar surface area (TPSA) is 29.5 Å². The summed E-state index contributed by atoms with van der Waals surface area (Å²) in [6.45, 7) is 0. The largest absolute Gasteiger partial charge is 0.416 e. The molecule has 19 heavy (non-hydrogen) atoms. The summed E-state index contributed by atoms with van der Waals surface area (Å²) in [7, 11) is 1.51. The highest BCUT2D eigenvalue weighted by molar-refractivity contribution is 5.30. The number of hydrogen-bond donors (Lipinski definition) is 1. The van der Waals surface area contributed by atoms with Gasteiger partial charge in [-0.15, -0.1) is 0 Å². The minimum atomic E-state index is -4.35. The second-order valence-corrected chi connectivity index (χ2v) is 5.01. The predicted octanol–water partition coefficient (Wildman–Crippen LogP) is 3.48. The maximum atomic E-state index is 12.7. The van der Waals surface area contributed by atoms with Crippen molar-refractivity contribution in [3.05, 3.63) is 35.4 Å². The van der Waals surface area contributed by atoms with Crippen LogP contribution in [0.15, 0.2) is 24.3 Å². The first-order chi connectivity index (χ1) is 8.87. The molecule has 1 aromatic carbocycles. The van der Waals surface area contributed by atoms with Gasteiger partial charge >= 0.3 is 6.18 Å². The zero-order valence-corrected chi connectivity index (χ0v) is 10.7. The summed E-state index contributed by atoms with van der Waals surface area (Å²) in [5, 5.41) is 9.53. The van der Waals surface area contributed by atoms with E-state index < -0.39 is 17.3 Å². The fraction of sp³-hybridized carbons (Fsp3) is 0.571. The number of aliphatic hydroxyl groups is 1. The molecule has 106 valence electrons. The van der Waals surface area contributed by atoms with Gasteiger partial charge in [-0.05, 0) is 43.4 Å². The van der Waals surface area contributed by atoms with E-state index in [-0.39, 0.29) is 6.10 Å². The summed E-state index contributed by atoms with van der Waals surface area (Å²) in [5.41, 5.74) is -0.829. The summed E-state index contributed by atoms with van der Waals surface area (Å²) in [5.74, 6) is 0. The van der Waals surface area contributed by atoms with E-state index in [2.05, 4.69) is 0 Å². The van der Waals surface area contributed by atoms with E-state index in [4.69, 9.17) is 4.74 Å². The van der Waals surface area contributed by atoms with Crippen LogP contribution in [0.4, 0.5) is 13.2 Å². The molecule has 0 aliphatic heterocycles. The molecule has 2 nitrogen and oxygen atoms in total. The van der Waals surface area contributed by atoms with E-state index in [1.54, 1.807) is 6.07 Å². The van der Waals surface area contributed by atoms with Crippen molar-refractivity contribution >= 4 is 0 Å². The quantitative estimate of drug-likeness (QED) is 0.894. The van der Waals surface area contributed by atoms with Crippen LogP contribution in [0.2, 0.25) is 0 Å². The molecule has 5 heteroatoms. The van der Waals surface area contributed by atoms with Crippen molar-refractivity contribution < 1.29 is 23.0 Å². The predicted molar refractivity (Wildman–Crippen MR) is 64.6 cm³/mol. The standard InChI is InChI=1S/C14H17F3O2/c1-19-13(7-5-12(18)6-8-13)10-3-2-4-11(9-10)14(15,16)17/h2-4,9,12,18H,5-8H2,1H3/t12-,13+. The zero-order valence-electron chi connectivity index (χ0n) is 10.7. The molecule has 0 amide bonds. The molecule has 1 N–H and O–H groups in total. The van der Waals surface area contributed by atoms with Gasteiger partial charge in [0.15, 0.2) is 0 Å². The second kappa shape index (κ2) is 5.13. The number of methoxy groups -OCH3 is 1. The SMILES string of the molecule is CO[C@]1(c2cccc(C(F)(F)F)c2)CC[C@H](O)CC1. The van der Waals surface area contributed by atoms with Crippen molar-refractivity contribution in [3.8, 4) is 0 Å². The Morgan fingerprint density at radius 2 is 1.89 bits per heavy atom. The van der Waals surface area contributed by atoms with Gasteiger partial charge in [0.2, 0.25) is 0 Å². The van der Waals surface area contributed by atoms with Crippen molar-refractivity contribution in [1.29, 1.82) is 0 Å². The lowest BCUT2D eigenvalue weighted by molar-refractivity contribution is -0.138. The number of aliphatic hydroxyl groups excluding tert-OH is 1. The minimum Gasteiger partial charge on any atom is -0.393 e. The normalized spacial score (nSPS) is 28.4. The van der Waals surface area contributed by atoms with Gasteiger partial charge in [0.05, 0.1) is 17.3 Å². The average molecular weight is 274 g/mol. The fourth-order valence-corrected chi connectivity index (χ4v) is 2.66. The molecule has 0 aromatic heterocycles. The molecule has 0 bridgehead atoms. The highest BCUT2D eigenvalue weighted by Gasteiger charge is 2.38. The van der Waals surface area contributed by atoms with Crippen molar-refractivity contribution in [2.24, 2.45) is 0 Å². The summed E-state index contributed by atoms with van der Waals surface area (Å²) >= 11 is 0. The Balaban J connectivity index is 2.34. The molecule has 1 aliphatic carbocycles. The van der Waals surface area contributed by atoms with Crippen molar-refractivity contribution in [1.82, 2.24) is 0 Å². The third-order valence-corrected chi connectivity index (χ3v) is 3.87. The van der Waals surface area contributed by atoms with Crippen LogP contribution in [0.3, 0.4) is 0 Å². The molecular weight excluding hydrogens is 257 g/mol. The molecule has 2 rings (SSSR count). The van der Waals surface area contributed by atoms with Crippen LogP contribution in [0.5, 0.6) is 0 Å². The van der Waals surface area contributed by atoms with E-state index in [1.165, 1.54) is 13.2 Å². The summed E-state index contributed by atoms with van der Waals surface area (Å²) in [4.78, 5) is 0. The van der Waals surface area contributed by atoms with Crippen LogP contribution in [0.1, 0.15) is 36.8 Å². The first-order valence-corrected chi connectivity index (χ1v) is 6.28. The number of alkyl halides is 3. The van der Waals surface area contributed by atoms with Gasteiger partial charge in [-0.1, -0.05) is 12.1 Å². The maximum absolute atomic E-state index is 12.7. The van der Waals surface area contributed by atoms with Crippen LogP contribution in [0, 0.1) is 0 Å². The lowest BCUT2D eigenvalue weighted by Gasteiger charge is -2.38. The Bertz CT molecular complexity index is 435. The first-order valence-electron chi connectivity index (χ1n) is 6.28. The van der Waals surface area contributed by atoms with E-state index in [0.29, 0.717) is 31.2 Å². The summed E-state index contributed by atoms with van der Waals surface area (Å²) in [6.07, 6.45) is -2.57. The highest BCUT2D eigenvalue weighted by Crippen LogP contribution is 2.41. The number of hydrogen-bond acceptors (Lipinski definition) is 2. The molecule has 0 spiro atoms. The number of halogens is 3. The van der Waals surface area contributed by atoms with Gasteiger partial charge in [0.25, 0.3) is 0 Å². The molecule has 0 saturated heterocycles. The molecule has 0 heterocycles. The Labute approximate surface area is 110 Å². The Morgan fingerprint density at radius 3 is 2.42 bits per heavy atom. The lowest BCUT2D eigenvalue weighted by Crippen LogP contribution is -2.35. The average Bonchev–Trinajstić information content (AvgIpc) is 2.39. The molecule has 0 radical (unpaired) electrons. The van der Waals surface area contributed by atoms with Gasteiger partial charge in [-0.2, -0.15) is 13.2 Å². The molecule has 1 fully saturated rings. The van der Waals surface area contributed by atoms with E-state index in [0.717, 1.165) is 12.1 Å². The first kappa shape index (κ1) is 14.3. The molecule has 1 aliphatic rings. The number of ether oxygens (including phenoxy) is 1. The highest BCUT2D eigenvalue weighted by atomic mass is 19.4. The van der Waals surface area contributed by atoms with Crippen LogP contribution < -0.4 is 0 Å². The smallest absolute Gasteiger partial charge is 0.393 e. The van der Waals surface area contributed by atoms with Crippen LogP contribution in [-0.2, 0) is 16.5 Å². The Kier molecular flexibility index (Phi) is 3.87. The summed E-state index contributed by atoms with van der Waals surface area (Å²) < 4.78 is 43.7. The van der Waals surface area contributed by atoms with Crippen molar-refractivity contribution in [2.75, 3.05) is 7.11 Å². The van der Waals surface area contributed by atoms with Crippen LogP contribution in [0.25, 0.3) is 0 Å². The molecule has 0 atom stereocenters. The Hall–Kier alpha value is -1.07. The van der Waals surface area contributed by atoms with Crippen molar-refractivity contribution in [3.63, 3.8) is 0 Å². The number of rotatable bonds is 2. The van der Waals surface area contributed by atoms with Gasteiger partial charge in [-0.3, -0.25) is 0 Å². The zero-order chi connectivity index (χ0) is 14.1. The minimum absolute atomic E-state index is 0.380. The van der Waals surface area contributed by atoms with Gasteiger partial charge in [0, 0.05) is 7.11 Å². The third-order valence-electron chi connectivity index (χ3n) is 3.87. The summed E-state index contributed by atoms with van der Waals surface area (Å²) in [6, 6.07) is 5.28. The molecule has 0 unspecified atom stereocenters. The van der Waals surface area contributed by atoms with Gasteiger partial charge in [-0.25, -0.2) is 0 Å². The monoisotopic (exact) mass is 274 g/mol. The second-order valence-electron chi connectivity index (χ2n) is 5.01. The van der Waals surface area contributed by atoms with Gasteiger partial charge in [0.1, 0.15) is 0 Å². The molecule has 1 saturated carbocycles. The molecular formula is C14H17F3O2.